The lowest BCUT2D eigenvalue weighted by Crippen LogP contribution is -2.41. The van der Waals surface area contributed by atoms with Crippen molar-refractivity contribution in [2.45, 2.75) is 50.2 Å². The molecule has 3 unspecified atom stereocenters. The molecule has 0 radical (unpaired) electrons. The maximum absolute atomic E-state index is 13.8. The van der Waals surface area contributed by atoms with Gasteiger partial charge in [-0.15, -0.1) is 0 Å². The molecule has 2 saturated carbocycles. The van der Waals surface area contributed by atoms with Crippen LogP contribution in [0.25, 0.3) is 33.6 Å². The number of aliphatic imine (C=N–C) groups is 1. The molecule has 4 atom stereocenters. The number of benzene rings is 1. The number of aromatic nitrogens is 4. The molecule has 3 aliphatic carbocycles. The highest BCUT2D eigenvalue weighted by Gasteiger charge is 2.47. The van der Waals surface area contributed by atoms with Crippen LogP contribution in [0.3, 0.4) is 0 Å². The van der Waals surface area contributed by atoms with E-state index in [1.807, 2.05) is 48.4 Å². The summed E-state index contributed by atoms with van der Waals surface area (Å²) in [5.41, 5.74) is 13.1. The van der Waals surface area contributed by atoms with E-state index >= 15 is 0 Å². The number of likely N-dealkylation sites (tertiary alicyclic amines) is 1. The maximum Gasteiger partial charge on any atom is 0.270 e. The summed E-state index contributed by atoms with van der Waals surface area (Å²) in [6.07, 6.45) is 11.7. The van der Waals surface area contributed by atoms with E-state index in [1.165, 1.54) is 18.9 Å². The number of aliphatic hydroxyl groups is 1. The number of hydrogen-bond donors (Lipinski definition) is 2. The normalized spacial score (nSPS) is 24.7. The molecule has 2 amide bonds. The quantitative estimate of drug-likeness (QED) is 0.310. The second kappa shape index (κ2) is 10.8. The molecule has 0 spiro atoms. The van der Waals surface area contributed by atoms with Crippen LogP contribution in [0.1, 0.15) is 47.7 Å². The van der Waals surface area contributed by atoms with Gasteiger partial charge in [-0.05, 0) is 79.5 Å². The van der Waals surface area contributed by atoms with Crippen LogP contribution in [0, 0.1) is 11.8 Å². The Hall–Kier alpha value is -4.87. The first kappa shape index (κ1) is 29.3. The summed E-state index contributed by atoms with van der Waals surface area (Å²) in [6.45, 7) is 1.30. The highest BCUT2D eigenvalue weighted by atomic mass is 16.5. The predicted molar refractivity (Wildman–Crippen MR) is 182 cm³/mol. The van der Waals surface area contributed by atoms with E-state index in [-0.39, 0.29) is 36.4 Å². The van der Waals surface area contributed by atoms with Gasteiger partial charge in [0.25, 0.3) is 11.8 Å². The minimum atomic E-state index is -0.357. The number of ether oxygens (including phenoxy) is 1. The molecule has 3 fully saturated rings. The topological polar surface area (TPSA) is 141 Å². The van der Waals surface area contributed by atoms with Crippen molar-refractivity contribution >= 4 is 39.6 Å². The smallest absolute Gasteiger partial charge is 0.270 e. The molecule has 48 heavy (non-hydrogen) atoms. The Bertz CT molecular complexity index is 2180. The van der Waals surface area contributed by atoms with Gasteiger partial charge in [-0.3, -0.25) is 9.59 Å². The number of imidazole rings is 1. The number of aliphatic hydroxyl groups excluding tert-OH is 1. The van der Waals surface area contributed by atoms with E-state index in [1.54, 1.807) is 7.11 Å². The molecule has 4 aromatic rings. The second-order valence-electron chi connectivity index (χ2n) is 13.8. The second-order valence-corrected chi connectivity index (χ2v) is 13.8. The van der Waals surface area contributed by atoms with Crippen molar-refractivity contribution in [3.63, 3.8) is 0 Å². The molecule has 3 N–H and O–H groups in total. The highest BCUT2D eigenvalue weighted by molar-refractivity contribution is 6.20. The van der Waals surface area contributed by atoms with Crippen LogP contribution in [0.15, 0.2) is 70.8 Å². The standard InChI is InChI=1S/C37H37N7O4/c1-42-34-28(12-23(14-31(34)48-2)37(47)44-17-22-7-10-29(44)33(22)38)41-36(42)30-13-21-6-8-26(40-35(21)43(30)16-19-3-4-19)20-5-9-27-25(11-20)24(18-45)15-32(46)39-27/h5-6,8-9,11-15,19-20,22,29,33,45H,3-4,7,10,16-18,38H2,1-2H3/t20?,22?,29?,33-/m1/s1. The number of amides is 2. The van der Waals surface area contributed by atoms with Crippen molar-refractivity contribution in [3.8, 4) is 17.3 Å². The number of rotatable bonds is 7. The van der Waals surface area contributed by atoms with Crippen molar-refractivity contribution in [3.05, 3.63) is 77.0 Å². The van der Waals surface area contributed by atoms with Gasteiger partial charge in [0.2, 0.25) is 0 Å². The van der Waals surface area contributed by atoms with Gasteiger partial charge in [-0.2, -0.15) is 0 Å². The van der Waals surface area contributed by atoms with E-state index in [0.29, 0.717) is 46.5 Å². The molecular weight excluding hydrogens is 606 g/mol. The number of pyridine rings is 1. The van der Waals surface area contributed by atoms with Gasteiger partial charge < -0.3 is 29.6 Å². The highest BCUT2D eigenvalue weighted by Crippen LogP contribution is 2.40. The number of hydrogen-bond acceptors (Lipinski definition) is 7. The zero-order valence-electron chi connectivity index (χ0n) is 27.0. The Balaban J connectivity index is 1.12. The summed E-state index contributed by atoms with van der Waals surface area (Å²) in [7, 11) is 3.62. The van der Waals surface area contributed by atoms with Gasteiger partial charge in [0.05, 0.1) is 36.3 Å². The molecule has 2 aliphatic heterocycles. The first-order chi connectivity index (χ1) is 23.3. The van der Waals surface area contributed by atoms with Crippen molar-refractivity contribution in [1.29, 1.82) is 0 Å². The van der Waals surface area contributed by atoms with Crippen molar-refractivity contribution in [1.82, 2.24) is 24.0 Å². The summed E-state index contributed by atoms with van der Waals surface area (Å²) in [6, 6.07) is 10.1. The lowest BCUT2D eigenvalue weighted by atomic mass is 9.87. The predicted octanol–water partition coefficient (Wildman–Crippen LogP) is 4.05. The molecule has 244 valence electrons. The van der Waals surface area contributed by atoms with Gasteiger partial charge in [0, 0.05) is 60.7 Å². The number of piperidine rings is 1. The third kappa shape index (κ3) is 4.51. The van der Waals surface area contributed by atoms with Crippen LogP contribution in [0.5, 0.6) is 5.75 Å². The number of nitrogens with zero attached hydrogens (tertiary/aromatic N) is 6. The fourth-order valence-corrected chi connectivity index (χ4v) is 8.19. The Kier molecular flexibility index (Phi) is 6.61. The SMILES string of the molecule is COc1cc(C(=O)N2CC3CCC2[C@@H]3N)cc2nc(-c3cc4ccc(C5C=CC6=NC(=O)C=C(CO)C6=C5)nc4n3CC3CC3)n(C)c12. The molecule has 1 saturated heterocycles. The Morgan fingerprint density at radius 2 is 1.98 bits per heavy atom. The van der Waals surface area contributed by atoms with E-state index in [2.05, 4.69) is 26.3 Å². The summed E-state index contributed by atoms with van der Waals surface area (Å²) < 4.78 is 10.2. The third-order valence-electron chi connectivity index (χ3n) is 10.9. The van der Waals surface area contributed by atoms with Crippen LogP contribution >= 0.6 is 0 Å². The van der Waals surface area contributed by atoms with E-state index in [9.17, 15) is 14.7 Å². The Labute approximate surface area is 277 Å². The van der Waals surface area contributed by atoms with Crippen molar-refractivity contribution in [2.24, 2.45) is 29.6 Å². The van der Waals surface area contributed by atoms with Crippen LogP contribution in [0.4, 0.5) is 0 Å². The monoisotopic (exact) mass is 643 g/mol. The number of methoxy groups -OCH3 is 1. The average molecular weight is 644 g/mol. The number of carbonyl (C=O) groups is 2. The molecule has 11 nitrogen and oxygen atoms in total. The number of allylic oxidation sites excluding steroid dienone is 3. The molecule has 5 aliphatic rings. The first-order valence-electron chi connectivity index (χ1n) is 16.8. The van der Waals surface area contributed by atoms with E-state index < -0.39 is 0 Å². The van der Waals surface area contributed by atoms with Gasteiger partial charge in [0.1, 0.15) is 16.9 Å². The van der Waals surface area contributed by atoms with Gasteiger partial charge in [0.15, 0.2) is 5.82 Å². The number of dihydropyridines is 1. The summed E-state index contributed by atoms with van der Waals surface area (Å²) in [4.78, 5) is 42.2. The molecular formula is C37H37N7O4. The maximum atomic E-state index is 13.8. The molecule has 3 aromatic heterocycles. The first-order valence-corrected chi connectivity index (χ1v) is 16.8. The van der Waals surface area contributed by atoms with Gasteiger partial charge in [-0.1, -0.05) is 12.2 Å². The van der Waals surface area contributed by atoms with Crippen molar-refractivity contribution in [2.75, 3.05) is 20.3 Å². The summed E-state index contributed by atoms with van der Waals surface area (Å²) >= 11 is 0. The average Bonchev–Trinajstić information content (AvgIpc) is 3.50. The lowest BCUT2D eigenvalue weighted by molar-refractivity contribution is -0.113. The number of aryl methyl sites for hydroxylation is 1. The zero-order chi connectivity index (χ0) is 32.8. The number of fused-ring (bicyclic) bond motifs is 5. The van der Waals surface area contributed by atoms with Crippen molar-refractivity contribution < 1.29 is 19.4 Å². The lowest BCUT2D eigenvalue weighted by Gasteiger charge is -2.27. The van der Waals surface area contributed by atoms with E-state index in [4.69, 9.17) is 20.4 Å². The van der Waals surface area contributed by atoms with Crippen LogP contribution in [0.2, 0.25) is 0 Å². The number of carbonyl (C=O) groups excluding carboxylic acids is 2. The van der Waals surface area contributed by atoms with Crippen LogP contribution < -0.4 is 10.5 Å². The van der Waals surface area contributed by atoms with Gasteiger partial charge >= 0.3 is 0 Å². The molecule has 5 heterocycles. The number of nitrogens with two attached hydrogens (primary N) is 1. The summed E-state index contributed by atoms with van der Waals surface area (Å²) in [5, 5.41) is 10.9. The fourth-order valence-electron chi connectivity index (χ4n) is 8.19. The minimum Gasteiger partial charge on any atom is -0.494 e. The molecule has 2 bridgehead atoms. The van der Waals surface area contributed by atoms with Crippen LogP contribution in [-0.2, 0) is 18.4 Å². The van der Waals surface area contributed by atoms with Gasteiger partial charge in [-0.25, -0.2) is 15.0 Å². The molecule has 1 aromatic carbocycles. The Morgan fingerprint density at radius 1 is 1.12 bits per heavy atom. The van der Waals surface area contributed by atoms with Crippen LogP contribution in [-0.4, -0.2) is 79.0 Å². The van der Waals surface area contributed by atoms with E-state index in [0.717, 1.165) is 58.7 Å². The third-order valence-corrected chi connectivity index (χ3v) is 10.9. The minimum absolute atomic E-state index is 0.0174. The summed E-state index contributed by atoms with van der Waals surface area (Å²) in [5.74, 6) is 1.82. The molecule has 9 rings (SSSR count). The fraction of sp³-hybridized carbons (Fsp3) is 0.378. The zero-order valence-corrected chi connectivity index (χ0v) is 27.0. The Morgan fingerprint density at radius 3 is 2.71 bits per heavy atom. The largest absolute Gasteiger partial charge is 0.494 e. The molecule has 11 heteroatoms.